The quantitative estimate of drug-likeness (QED) is 0.444. The number of carbonyl (C=O) groups excluding carboxylic acids is 1. The van der Waals surface area contributed by atoms with E-state index in [0.717, 1.165) is 6.08 Å². The highest BCUT2D eigenvalue weighted by Crippen LogP contribution is 2.30. The van der Waals surface area contributed by atoms with Gasteiger partial charge in [0.05, 0.1) is 20.6 Å². The molecule has 1 aromatic heterocycles. The van der Waals surface area contributed by atoms with Crippen LogP contribution in [0.15, 0.2) is 22.5 Å². The molecular weight excluding hydrogens is 405 g/mol. The Morgan fingerprint density at radius 1 is 1.29 bits per heavy atom. The molecule has 2 rings (SSSR count). The molecule has 12 heteroatoms. The van der Waals surface area contributed by atoms with Crippen LogP contribution in [0, 0.1) is 13.8 Å². The van der Waals surface area contributed by atoms with E-state index in [1.54, 1.807) is 13.8 Å². The van der Waals surface area contributed by atoms with Crippen LogP contribution in [0.4, 0.5) is 13.2 Å². The number of hydrogen-bond acceptors (Lipinski definition) is 7. The molecule has 0 aliphatic carbocycles. The van der Waals surface area contributed by atoms with Crippen LogP contribution in [-0.4, -0.2) is 45.0 Å². The fraction of sp³-hybridized carbons (Fsp3) is 0.375. The maximum Gasteiger partial charge on any atom is 0.534 e. The summed E-state index contributed by atoms with van der Waals surface area (Å²) in [7, 11) is -3.35. The molecule has 0 saturated carbocycles. The van der Waals surface area contributed by atoms with Crippen LogP contribution in [0.2, 0.25) is 0 Å². The minimum atomic E-state index is -5.85. The number of rotatable bonds is 5. The van der Waals surface area contributed by atoms with Crippen molar-refractivity contribution in [3.63, 3.8) is 0 Å². The van der Waals surface area contributed by atoms with E-state index in [1.807, 2.05) is 0 Å². The van der Waals surface area contributed by atoms with Gasteiger partial charge in [-0.05, 0) is 31.1 Å². The lowest BCUT2D eigenvalue weighted by atomic mass is 10.1. The summed E-state index contributed by atoms with van der Waals surface area (Å²) in [5.41, 5.74) is -2.95. The molecule has 1 N–H and O–H groups in total. The highest BCUT2D eigenvalue weighted by molar-refractivity contribution is 7.88. The van der Waals surface area contributed by atoms with E-state index in [9.17, 15) is 26.4 Å². The van der Waals surface area contributed by atoms with Gasteiger partial charge in [-0.3, -0.25) is 4.79 Å². The van der Waals surface area contributed by atoms with Crippen LogP contribution in [0.3, 0.4) is 0 Å². The van der Waals surface area contributed by atoms with Gasteiger partial charge in [0.2, 0.25) is 5.90 Å². The van der Waals surface area contributed by atoms with Crippen molar-refractivity contribution in [1.29, 1.82) is 0 Å². The Labute approximate surface area is 158 Å². The lowest BCUT2D eigenvalue weighted by Crippen LogP contribution is -2.27. The summed E-state index contributed by atoms with van der Waals surface area (Å²) in [4.78, 5) is 18.3. The Kier molecular flexibility index (Phi) is 5.92. The zero-order valence-corrected chi connectivity index (χ0v) is 16.1. The molecule has 0 bridgehead atoms. The molecule has 28 heavy (non-hydrogen) atoms. The predicted octanol–water partition coefficient (Wildman–Crippen LogP) is 2.50. The number of esters is 1. The van der Waals surface area contributed by atoms with Crippen molar-refractivity contribution in [2.75, 3.05) is 14.2 Å². The topological polar surface area (TPSA) is 107 Å². The number of ether oxygens (including phenoxy) is 2. The Morgan fingerprint density at radius 3 is 2.46 bits per heavy atom. The van der Waals surface area contributed by atoms with E-state index in [0.29, 0.717) is 22.5 Å². The number of nitrogens with zero attached hydrogens (tertiary/aromatic N) is 1. The third-order valence-electron chi connectivity index (χ3n) is 3.90. The van der Waals surface area contributed by atoms with Gasteiger partial charge in [-0.2, -0.15) is 21.6 Å². The van der Waals surface area contributed by atoms with Crippen molar-refractivity contribution >= 4 is 28.1 Å². The molecule has 0 saturated heterocycles. The summed E-state index contributed by atoms with van der Waals surface area (Å²) in [5.74, 6) is -1.21. The van der Waals surface area contributed by atoms with Crippen LogP contribution >= 0.6 is 0 Å². The largest absolute Gasteiger partial charge is 0.534 e. The van der Waals surface area contributed by atoms with Gasteiger partial charge < -0.3 is 18.6 Å². The fourth-order valence-electron chi connectivity index (χ4n) is 2.44. The number of H-pyrrole nitrogens is 1. The third kappa shape index (κ3) is 4.38. The molecule has 154 valence electrons. The van der Waals surface area contributed by atoms with Crippen molar-refractivity contribution in [2.45, 2.75) is 25.8 Å². The lowest BCUT2D eigenvalue weighted by Gasteiger charge is -2.07. The first-order valence-corrected chi connectivity index (χ1v) is 9.12. The number of hydrogen-bond donors (Lipinski definition) is 1. The molecule has 8 nitrogen and oxygen atoms in total. The van der Waals surface area contributed by atoms with Gasteiger partial charge in [-0.15, -0.1) is 0 Å². The van der Waals surface area contributed by atoms with Crippen molar-refractivity contribution in [3.05, 3.63) is 40.0 Å². The van der Waals surface area contributed by atoms with Gasteiger partial charge in [0.1, 0.15) is 11.5 Å². The normalized spacial score (nSPS) is 16.0. The summed E-state index contributed by atoms with van der Waals surface area (Å²) in [6, 6.07) is 0. The SMILES string of the molecule is COC(=O)Cc1c(C)[nH]c(/C=C2\N=C(OS(=O)(=O)C(F)(F)F)C=C2OC)c1C. The van der Waals surface area contributed by atoms with Crippen molar-refractivity contribution < 1.29 is 40.0 Å². The van der Waals surface area contributed by atoms with E-state index in [4.69, 9.17) is 4.74 Å². The Morgan fingerprint density at radius 2 is 1.93 bits per heavy atom. The van der Waals surface area contributed by atoms with Gasteiger partial charge in [0, 0.05) is 17.5 Å². The van der Waals surface area contributed by atoms with Crippen LogP contribution in [0.1, 0.15) is 22.5 Å². The molecule has 0 unspecified atom stereocenters. The molecule has 0 aromatic carbocycles. The van der Waals surface area contributed by atoms with Crippen LogP contribution in [-0.2, 0) is 35.0 Å². The van der Waals surface area contributed by atoms with E-state index < -0.39 is 27.5 Å². The second-order valence-electron chi connectivity index (χ2n) is 5.70. The van der Waals surface area contributed by atoms with Crippen molar-refractivity contribution in [1.82, 2.24) is 4.98 Å². The van der Waals surface area contributed by atoms with Gasteiger partial charge in [0.15, 0.2) is 0 Å². The molecule has 0 fully saturated rings. The average molecular weight is 422 g/mol. The molecule has 0 amide bonds. The van der Waals surface area contributed by atoms with Gasteiger partial charge in [0.25, 0.3) is 0 Å². The van der Waals surface area contributed by atoms with E-state index in [1.165, 1.54) is 20.3 Å². The number of aryl methyl sites for hydroxylation is 1. The van der Waals surface area contributed by atoms with Crippen LogP contribution in [0.25, 0.3) is 6.08 Å². The monoisotopic (exact) mass is 422 g/mol. The van der Waals surface area contributed by atoms with Crippen LogP contribution in [0.5, 0.6) is 0 Å². The molecule has 0 atom stereocenters. The number of methoxy groups -OCH3 is 2. The molecule has 1 aliphatic rings. The number of halogens is 3. The number of alkyl halides is 3. The number of carbonyl (C=O) groups is 1. The van der Waals surface area contributed by atoms with Crippen LogP contribution < -0.4 is 0 Å². The highest BCUT2D eigenvalue weighted by Gasteiger charge is 2.49. The van der Waals surface area contributed by atoms with Crippen molar-refractivity contribution in [2.24, 2.45) is 4.99 Å². The first kappa shape index (κ1) is 21.5. The second kappa shape index (κ2) is 7.70. The Bertz CT molecular complexity index is 987. The summed E-state index contributed by atoms with van der Waals surface area (Å²) in [5, 5.41) is 0. The lowest BCUT2D eigenvalue weighted by molar-refractivity contribution is -0.139. The number of aromatic amines is 1. The maximum atomic E-state index is 12.5. The molecule has 0 radical (unpaired) electrons. The number of aliphatic imine (C=N–C) groups is 1. The van der Waals surface area contributed by atoms with Gasteiger partial charge >= 0.3 is 21.6 Å². The minimum absolute atomic E-state index is 0.00791. The van der Waals surface area contributed by atoms with Gasteiger partial charge in [-0.25, -0.2) is 4.99 Å². The van der Waals surface area contributed by atoms with Gasteiger partial charge in [-0.1, -0.05) is 0 Å². The molecule has 0 spiro atoms. The smallest absolute Gasteiger partial charge is 0.494 e. The van der Waals surface area contributed by atoms with E-state index in [-0.39, 0.29) is 17.9 Å². The number of aromatic nitrogens is 1. The average Bonchev–Trinajstić information content (AvgIpc) is 3.08. The van der Waals surface area contributed by atoms with E-state index >= 15 is 0 Å². The molecule has 2 heterocycles. The third-order valence-corrected chi connectivity index (χ3v) is 4.85. The summed E-state index contributed by atoms with van der Waals surface area (Å²) < 4.78 is 73.3. The highest BCUT2D eigenvalue weighted by atomic mass is 32.2. The standard InChI is InChI=1S/C16H17F3N2O6S/c1-8-10(5-15(22)26-4)9(2)20-11(8)6-12-13(25-3)7-14(21-12)27-28(23,24)16(17,18)19/h6-7,20H,5H2,1-4H3/b12-6-. The molecule has 1 aromatic rings. The maximum absolute atomic E-state index is 12.5. The first-order valence-electron chi connectivity index (χ1n) is 7.71. The zero-order valence-electron chi connectivity index (χ0n) is 15.3. The Hall–Kier alpha value is -2.76. The summed E-state index contributed by atoms with van der Waals surface area (Å²) in [6.07, 6.45) is 2.40. The Balaban J connectivity index is 2.38. The molecular formula is C16H17F3N2O6S. The minimum Gasteiger partial charge on any atom is -0.494 e. The first-order chi connectivity index (χ1) is 12.9. The second-order valence-corrected chi connectivity index (χ2v) is 7.23. The predicted molar refractivity (Wildman–Crippen MR) is 92.6 cm³/mol. The van der Waals surface area contributed by atoms with Crippen molar-refractivity contribution in [3.8, 4) is 0 Å². The molecule has 1 aliphatic heterocycles. The zero-order chi connectivity index (χ0) is 21.3. The summed E-state index contributed by atoms with van der Waals surface area (Å²) >= 11 is 0. The summed E-state index contributed by atoms with van der Waals surface area (Å²) in [6.45, 7) is 3.47. The fourth-order valence-corrected chi connectivity index (χ4v) is 2.84. The van der Waals surface area contributed by atoms with E-state index in [2.05, 4.69) is 18.9 Å². The number of nitrogens with one attached hydrogen (secondary N) is 1.